The molecule has 0 unspecified atom stereocenters. The molecule has 0 saturated carbocycles. The molecule has 0 aliphatic heterocycles. The highest BCUT2D eigenvalue weighted by Crippen LogP contribution is 2.35. The fourth-order valence-electron chi connectivity index (χ4n) is 2.82. The van der Waals surface area contributed by atoms with E-state index in [1.165, 1.54) is 33.4 Å². The lowest BCUT2D eigenvalue weighted by Gasteiger charge is -2.25. The maximum absolute atomic E-state index is 3.53. The zero-order chi connectivity index (χ0) is 17.6. The number of halogens is 2. The van der Waals surface area contributed by atoms with E-state index in [0.717, 1.165) is 16.6 Å². The fraction of sp³-hybridized carbons (Fsp3) is 0.182. The summed E-state index contributed by atoms with van der Waals surface area (Å²) >= 11 is 5.88. The van der Waals surface area contributed by atoms with Crippen LogP contribution < -0.4 is 4.90 Å². The van der Waals surface area contributed by atoms with Gasteiger partial charge in [0.05, 0.1) is 0 Å². The summed E-state index contributed by atoms with van der Waals surface area (Å²) in [5.74, 6) is 0. The van der Waals surface area contributed by atoms with Crippen molar-refractivity contribution in [3.8, 4) is 0 Å². The molecular formula is C22H21BrIN. The minimum absolute atomic E-state index is 1.09. The van der Waals surface area contributed by atoms with Gasteiger partial charge in [0.15, 0.2) is 0 Å². The monoisotopic (exact) mass is 505 g/mol. The molecule has 3 aromatic carbocycles. The third kappa shape index (κ3) is 4.85. The average Bonchev–Trinajstić information content (AvgIpc) is 2.64. The van der Waals surface area contributed by atoms with E-state index in [-0.39, 0.29) is 0 Å². The molecule has 0 saturated heterocycles. The largest absolute Gasteiger partial charge is 0.311 e. The van der Waals surface area contributed by atoms with Gasteiger partial charge in [-0.25, -0.2) is 0 Å². The molecule has 25 heavy (non-hydrogen) atoms. The van der Waals surface area contributed by atoms with E-state index in [1.54, 1.807) is 0 Å². The van der Waals surface area contributed by atoms with Gasteiger partial charge in [0.1, 0.15) is 0 Å². The van der Waals surface area contributed by atoms with Crippen LogP contribution in [0.1, 0.15) is 25.3 Å². The predicted octanol–water partition coefficient (Wildman–Crippen LogP) is 7.87. The normalized spacial score (nSPS) is 10.7. The van der Waals surface area contributed by atoms with Crippen LogP contribution in [0.25, 0.3) is 0 Å². The number of nitrogens with zero attached hydrogens (tertiary/aromatic N) is 1. The molecule has 0 amide bonds. The first kappa shape index (κ1) is 18.5. The van der Waals surface area contributed by atoms with Crippen molar-refractivity contribution in [2.75, 3.05) is 4.90 Å². The number of hydrogen-bond donors (Lipinski definition) is 0. The number of benzene rings is 3. The first-order valence-electron chi connectivity index (χ1n) is 8.57. The summed E-state index contributed by atoms with van der Waals surface area (Å²) in [6.07, 6.45) is 3.63. The second kappa shape index (κ2) is 8.86. The molecule has 0 aromatic heterocycles. The Morgan fingerprint density at radius 3 is 1.76 bits per heavy atom. The van der Waals surface area contributed by atoms with Crippen LogP contribution in [-0.4, -0.2) is 0 Å². The van der Waals surface area contributed by atoms with E-state index in [1.807, 2.05) is 0 Å². The SMILES string of the molecule is CCCCc1ccc(N(c2ccc(Br)cc2)c2ccc(I)cc2)cc1. The van der Waals surface area contributed by atoms with Crippen molar-refractivity contribution >= 4 is 55.6 Å². The molecule has 0 aliphatic rings. The second-order valence-electron chi connectivity index (χ2n) is 6.06. The lowest BCUT2D eigenvalue weighted by molar-refractivity contribution is 0.795. The summed E-state index contributed by atoms with van der Waals surface area (Å²) < 4.78 is 2.33. The molecule has 0 atom stereocenters. The van der Waals surface area contributed by atoms with Crippen LogP contribution in [-0.2, 0) is 6.42 Å². The summed E-state index contributed by atoms with van der Waals surface area (Å²) in [4.78, 5) is 2.30. The molecule has 0 aliphatic carbocycles. The van der Waals surface area contributed by atoms with Crippen LogP contribution in [0.2, 0.25) is 0 Å². The molecule has 1 nitrogen and oxygen atoms in total. The zero-order valence-corrected chi connectivity index (χ0v) is 18.0. The van der Waals surface area contributed by atoms with Crippen molar-refractivity contribution in [3.05, 3.63) is 86.4 Å². The smallest absolute Gasteiger partial charge is 0.0462 e. The highest BCUT2D eigenvalue weighted by atomic mass is 127. The Bertz CT molecular complexity index is 749. The molecule has 0 fully saturated rings. The Morgan fingerprint density at radius 2 is 1.24 bits per heavy atom. The Kier molecular flexibility index (Phi) is 6.54. The van der Waals surface area contributed by atoms with Crippen molar-refractivity contribution in [2.24, 2.45) is 0 Å². The minimum atomic E-state index is 1.09. The first-order chi connectivity index (χ1) is 12.2. The van der Waals surface area contributed by atoms with E-state index in [2.05, 4.69) is 123 Å². The molecular weight excluding hydrogens is 485 g/mol. The molecule has 3 rings (SSSR count). The summed E-state index contributed by atoms with van der Waals surface area (Å²) in [5, 5.41) is 0. The first-order valence-corrected chi connectivity index (χ1v) is 10.4. The van der Waals surface area contributed by atoms with Crippen molar-refractivity contribution < 1.29 is 0 Å². The molecule has 0 spiro atoms. The number of aryl methyl sites for hydroxylation is 1. The number of unbranched alkanes of at least 4 members (excludes halogenated alkanes) is 1. The highest BCUT2D eigenvalue weighted by molar-refractivity contribution is 14.1. The van der Waals surface area contributed by atoms with E-state index < -0.39 is 0 Å². The van der Waals surface area contributed by atoms with Crippen LogP contribution >= 0.6 is 38.5 Å². The Balaban J connectivity index is 1.98. The van der Waals surface area contributed by atoms with Gasteiger partial charge in [-0.3, -0.25) is 0 Å². The Labute approximate surface area is 172 Å². The van der Waals surface area contributed by atoms with Crippen molar-refractivity contribution in [1.29, 1.82) is 0 Å². The molecule has 3 heteroatoms. The summed E-state index contributed by atoms with van der Waals surface area (Å²) in [6, 6.07) is 26.1. The standard InChI is InChI=1S/C22H21BrIN/c1-2-3-4-17-5-11-20(12-6-17)25(21-13-7-18(23)8-14-21)22-15-9-19(24)10-16-22/h5-16H,2-4H2,1H3. The number of rotatable bonds is 6. The van der Waals surface area contributed by atoms with Crippen LogP contribution in [0.15, 0.2) is 77.3 Å². The van der Waals surface area contributed by atoms with Crippen molar-refractivity contribution in [2.45, 2.75) is 26.2 Å². The van der Waals surface area contributed by atoms with Gasteiger partial charge >= 0.3 is 0 Å². The third-order valence-electron chi connectivity index (χ3n) is 4.18. The molecule has 3 aromatic rings. The maximum Gasteiger partial charge on any atom is 0.0462 e. The van der Waals surface area contributed by atoms with Crippen LogP contribution in [0.5, 0.6) is 0 Å². The Morgan fingerprint density at radius 1 is 0.760 bits per heavy atom. The van der Waals surface area contributed by atoms with Crippen LogP contribution in [0, 0.1) is 3.57 Å². The number of anilines is 3. The third-order valence-corrected chi connectivity index (χ3v) is 5.43. The van der Waals surface area contributed by atoms with Gasteiger partial charge < -0.3 is 4.90 Å². The van der Waals surface area contributed by atoms with Gasteiger partial charge in [0.2, 0.25) is 0 Å². The summed E-state index contributed by atoms with van der Waals surface area (Å²) in [5.41, 5.74) is 4.92. The maximum atomic E-state index is 3.53. The molecule has 0 bridgehead atoms. The summed E-state index contributed by atoms with van der Waals surface area (Å²) in [7, 11) is 0. The van der Waals surface area contributed by atoms with Gasteiger partial charge in [0, 0.05) is 25.1 Å². The van der Waals surface area contributed by atoms with E-state index in [0.29, 0.717) is 0 Å². The van der Waals surface area contributed by atoms with Crippen LogP contribution in [0.3, 0.4) is 0 Å². The van der Waals surface area contributed by atoms with Gasteiger partial charge in [-0.15, -0.1) is 0 Å². The van der Waals surface area contributed by atoms with E-state index in [4.69, 9.17) is 0 Å². The fourth-order valence-corrected chi connectivity index (χ4v) is 3.44. The van der Waals surface area contributed by atoms with E-state index >= 15 is 0 Å². The van der Waals surface area contributed by atoms with Crippen LogP contribution in [0.4, 0.5) is 17.1 Å². The molecule has 128 valence electrons. The van der Waals surface area contributed by atoms with Crippen molar-refractivity contribution in [3.63, 3.8) is 0 Å². The van der Waals surface area contributed by atoms with Gasteiger partial charge in [-0.2, -0.15) is 0 Å². The van der Waals surface area contributed by atoms with Gasteiger partial charge in [0.25, 0.3) is 0 Å². The zero-order valence-electron chi connectivity index (χ0n) is 14.3. The molecule has 0 N–H and O–H groups in total. The quantitative estimate of drug-likeness (QED) is 0.308. The highest BCUT2D eigenvalue weighted by Gasteiger charge is 2.12. The topological polar surface area (TPSA) is 3.24 Å². The summed E-state index contributed by atoms with van der Waals surface area (Å²) in [6.45, 7) is 2.24. The molecule has 0 heterocycles. The van der Waals surface area contributed by atoms with E-state index in [9.17, 15) is 0 Å². The molecule has 0 radical (unpaired) electrons. The second-order valence-corrected chi connectivity index (χ2v) is 8.22. The Hall–Kier alpha value is -1.33. The minimum Gasteiger partial charge on any atom is -0.311 e. The van der Waals surface area contributed by atoms with Gasteiger partial charge in [-0.1, -0.05) is 41.4 Å². The lowest BCUT2D eigenvalue weighted by atomic mass is 10.1. The average molecular weight is 506 g/mol. The predicted molar refractivity (Wildman–Crippen MR) is 120 cm³/mol. The van der Waals surface area contributed by atoms with Gasteiger partial charge in [-0.05, 0) is 102 Å². The lowest BCUT2D eigenvalue weighted by Crippen LogP contribution is -2.09. The van der Waals surface area contributed by atoms with Crippen molar-refractivity contribution in [1.82, 2.24) is 0 Å². The number of hydrogen-bond acceptors (Lipinski definition) is 1.